The van der Waals surface area contributed by atoms with Crippen molar-refractivity contribution in [3.63, 3.8) is 0 Å². The summed E-state index contributed by atoms with van der Waals surface area (Å²) in [6.45, 7) is 1.40. The van der Waals surface area contributed by atoms with Crippen molar-refractivity contribution in [2.45, 2.75) is 6.92 Å². The lowest BCUT2D eigenvalue weighted by Crippen LogP contribution is -2.21. The van der Waals surface area contributed by atoms with Gasteiger partial charge < -0.3 is 14.8 Å². The second-order valence-electron chi connectivity index (χ2n) is 5.53. The summed E-state index contributed by atoms with van der Waals surface area (Å²) in [7, 11) is 1.55. The Hall–Kier alpha value is -3.11. The number of anilines is 1. The molecular weight excluding hydrogens is 412 g/mol. The predicted molar refractivity (Wildman–Crippen MR) is 105 cm³/mol. The summed E-state index contributed by atoms with van der Waals surface area (Å²) in [5, 5.41) is 11.8. The summed E-state index contributed by atoms with van der Waals surface area (Å²) in [5.41, 5.74) is 1.98. The van der Waals surface area contributed by atoms with Crippen molar-refractivity contribution in [2.75, 3.05) is 19.0 Å². The zero-order chi connectivity index (χ0) is 19.8. The van der Waals surface area contributed by atoms with E-state index < -0.39 is 18.5 Å². The van der Waals surface area contributed by atoms with Crippen molar-refractivity contribution in [3.8, 4) is 11.8 Å². The third-order valence-electron chi connectivity index (χ3n) is 3.54. The van der Waals surface area contributed by atoms with Crippen LogP contribution in [0.5, 0.6) is 5.75 Å². The van der Waals surface area contributed by atoms with Gasteiger partial charge in [-0.15, -0.1) is 0 Å². The lowest BCUT2D eigenvalue weighted by atomic mass is 10.1. The molecule has 1 N–H and O–H groups in total. The first-order chi connectivity index (χ1) is 12.9. The summed E-state index contributed by atoms with van der Waals surface area (Å²) in [6, 6.07) is 13.9. The lowest BCUT2D eigenvalue weighted by Gasteiger charge is -2.08. The van der Waals surface area contributed by atoms with Gasteiger partial charge in [0.1, 0.15) is 17.4 Å². The average Bonchev–Trinajstić information content (AvgIpc) is 2.67. The third-order valence-corrected chi connectivity index (χ3v) is 4.43. The number of halogens is 1. The molecule has 0 atom stereocenters. The van der Waals surface area contributed by atoms with Crippen molar-refractivity contribution in [3.05, 3.63) is 63.6 Å². The van der Waals surface area contributed by atoms with Gasteiger partial charge in [0.25, 0.3) is 5.91 Å². The number of rotatable bonds is 6. The maximum absolute atomic E-state index is 12.0. The Kier molecular flexibility index (Phi) is 7.15. The van der Waals surface area contributed by atoms with Crippen molar-refractivity contribution >= 4 is 39.6 Å². The van der Waals surface area contributed by atoms with Crippen LogP contribution in [-0.4, -0.2) is 25.6 Å². The molecule has 0 unspecified atom stereocenters. The van der Waals surface area contributed by atoms with E-state index in [9.17, 15) is 9.59 Å². The first kappa shape index (κ1) is 20.2. The molecule has 0 fully saturated rings. The molecule has 2 aromatic rings. The monoisotopic (exact) mass is 428 g/mol. The topological polar surface area (TPSA) is 88.4 Å². The molecule has 0 saturated carbocycles. The highest BCUT2D eigenvalue weighted by Gasteiger charge is 2.13. The third kappa shape index (κ3) is 5.97. The highest BCUT2D eigenvalue weighted by molar-refractivity contribution is 9.10. The highest BCUT2D eigenvalue weighted by atomic mass is 79.9. The molecule has 0 saturated heterocycles. The van der Waals surface area contributed by atoms with E-state index in [2.05, 4.69) is 21.2 Å². The number of hydrogen-bond acceptors (Lipinski definition) is 5. The molecule has 0 aliphatic heterocycles. The van der Waals surface area contributed by atoms with E-state index in [0.29, 0.717) is 17.0 Å². The van der Waals surface area contributed by atoms with Gasteiger partial charge in [0.2, 0.25) is 0 Å². The van der Waals surface area contributed by atoms with Crippen LogP contribution in [0.2, 0.25) is 0 Å². The van der Waals surface area contributed by atoms with Gasteiger partial charge in [-0.05, 0) is 54.5 Å². The molecule has 0 aliphatic rings. The number of benzene rings is 2. The van der Waals surface area contributed by atoms with Crippen LogP contribution < -0.4 is 10.1 Å². The molecule has 7 heteroatoms. The molecule has 27 heavy (non-hydrogen) atoms. The van der Waals surface area contributed by atoms with Crippen LogP contribution in [0.25, 0.3) is 6.08 Å². The van der Waals surface area contributed by atoms with E-state index >= 15 is 0 Å². The molecular formula is C20H17BrN2O4. The van der Waals surface area contributed by atoms with Gasteiger partial charge in [0, 0.05) is 10.2 Å². The van der Waals surface area contributed by atoms with E-state index in [4.69, 9.17) is 14.7 Å². The zero-order valence-electron chi connectivity index (χ0n) is 14.8. The van der Waals surface area contributed by atoms with Crippen LogP contribution in [0.1, 0.15) is 11.1 Å². The second-order valence-corrected chi connectivity index (χ2v) is 6.39. The summed E-state index contributed by atoms with van der Waals surface area (Å²) in [4.78, 5) is 24.0. The second kappa shape index (κ2) is 9.55. The lowest BCUT2D eigenvalue weighted by molar-refractivity contribution is -0.142. The maximum atomic E-state index is 12.0. The number of nitrogens with zero attached hydrogens (tertiary/aromatic N) is 1. The normalized spacial score (nSPS) is 10.7. The van der Waals surface area contributed by atoms with E-state index in [-0.39, 0.29) is 5.57 Å². The number of amides is 1. The molecule has 0 radical (unpaired) electrons. The fourth-order valence-corrected chi connectivity index (χ4v) is 2.38. The number of nitriles is 1. The standard InChI is InChI=1S/C20H17BrN2O4/c1-13-9-16(5-8-18(13)21)23-19(24)12-27-20(25)15(11-22)10-14-3-6-17(26-2)7-4-14/h3-10H,12H2,1-2H3,(H,23,24)/b15-10+. The number of methoxy groups -OCH3 is 1. The van der Waals surface area contributed by atoms with E-state index in [1.807, 2.05) is 13.0 Å². The average molecular weight is 429 g/mol. The number of ether oxygens (including phenoxy) is 2. The minimum Gasteiger partial charge on any atom is -0.497 e. The number of carbonyl (C=O) groups is 2. The summed E-state index contributed by atoms with van der Waals surface area (Å²) in [5.74, 6) is -0.699. The Labute approximate surface area is 165 Å². The van der Waals surface area contributed by atoms with Gasteiger partial charge >= 0.3 is 5.97 Å². The van der Waals surface area contributed by atoms with Gasteiger partial charge in [-0.1, -0.05) is 28.1 Å². The minimum atomic E-state index is -0.865. The summed E-state index contributed by atoms with van der Waals surface area (Å²) < 4.78 is 10.9. The number of esters is 1. The Morgan fingerprint density at radius 3 is 2.52 bits per heavy atom. The first-order valence-electron chi connectivity index (χ1n) is 7.92. The molecule has 0 aromatic heterocycles. The van der Waals surface area contributed by atoms with Gasteiger partial charge in [0.15, 0.2) is 6.61 Å². The predicted octanol–water partition coefficient (Wildman–Crippen LogP) is 3.86. The fraction of sp³-hybridized carbons (Fsp3) is 0.150. The Morgan fingerprint density at radius 1 is 1.22 bits per heavy atom. The van der Waals surface area contributed by atoms with Gasteiger partial charge in [0.05, 0.1) is 7.11 Å². The molecule has 2 rings (SSSR count). The van der Waals surface area contributed by atoms with Crippen molar-refractivity contribution in [1.29, 1.82) is 5.26 Å². The van der Waals surface area contributed by atoms with Gasteiger partial charge in [-0.2, -0.15) is 5.26 Å². The Bertz CT molecular complexity index is 915. The molecule has 0 bridgehead atoms. The number of nitrogens with one attached hydrogen (secondary N) is 1. The van der Waals surface area contributed by atoms with Crippen LogP contribution in [0.15, 0.2) is 52.5 Å². The fourth-order valence-electron chi connectivity index (χ4n) is 2.13. The Balaban J connectivity index is 1.95. The SMILES string of the molecule is COc1ccc(/C=C(\C#N)C(=O)OCC(=O)Nc2ccc(Br)c(C)c2)cc1. The molecule has 0 heterocycles. The van der Waals surface area contributed by atoms with Crippen molar-refractivity contribution in [2.24, 2.45) is 0 Å². The van der Waals surface area contributed by atoms with Crippen LogP contribution in [0, 0.1) is 18.3 Å². The van der Waals surface area contributed by atoms with Crippen LogP contribution in [0.4, 0.5) is 5.69 Å². The van der Waals surface area contributed by atoms with Crippen molar-refractivity contribution < 1.29 is 19.1 Å². The molecule has 6 nitrogen and oxygen atoms in total. The smallest absolute Gasteiger partial charge is 0.349 e. The van der Waals surface area contributed by atoms with Gasteiger partial charge in [-0.3, -0.25) is 4.79 Å². The van der Waals surface area contributed by atoms with Crippen LogP contribution >= 0.6 is 15.9 Å². The van der Waals surface area contributed by atoms with Crippen molar-refractivity contribution in [1.82, 2.24) is 0 Å². The summed E-state index contributed by atoms with van der Waals surface area (Å²) in [6.07, 6.45) is 1.39. The van der Waals surface area contributed by atoms with E-state index in [0.717, 1.165) is 10.0 Å². The summed E-state index contributed by atoms with van der Waals surface area (Å²) >= 11 is 3.38. The number of aryl methyl sites for hydroxylation is 1. The molecule has 0 aliphatic carbocycles. The molecule has 138 valence electrons. The van der Waals surface area contributed by atoms with E-state index in [1.165, 1.54) is 6.08 Å². The number of hydrogen-bond donors (Lipinski definition) is 1. The van der Waals surface area contributed by atoms with Gasteiger partial charge in [-0.25, -0.2) is 4.79 Å². The zero-order valence-corrected chi connectivity index (χ0v) is 16.4. The van der Waals surface area contributed by atoms with Crippen LogP contribution in [0.3, 0.4) is 0 Å². The first-order valence-corrected chi connectivity index (χ1v) is 8.71. The van der Waals surface area contributed by atoms with E-state index in [1.54, 1.807) is 49.6 Å². The minimum absolute atomic E-state index is 0.201. The highest BCUT2D eigenvalue weighted by Crippen LogP contribution is 2.20. The maximum Gasteiger partial charge on any atom is 0.349 e. The largest absolute Gasteiger partial charge is 0.497 e. The quantitative estimate of drug-likeness (QED) is 0.428. The molecule has 1 amide bonds. The number of carbonyl (C=O) groups excluding carboxylic acids is 2. The molecule has 2 aromatic carbocycles. The molecule has 0 spiro atoms. The Morgan fingerprint density at radius 2 is 1.93 bits per heavy atom. The van der Waals surface area contributed by atoms with Crippen LogP contribution in [-0.2, 0) is 14.3 Å².